The van der Waals surface area contributed by atoms with Gasteiger partial charge in [0.1, 0.15) is 12.7 Å². The van der Waals surface area contributed by atoms with E-state index in [1.54, 1.807) is 0 Å². The van der Waals surface area contributed by atoms with Crippen molar-refractivity contribution < 1.29 is 4.79 Å². The quantitative estimate of drug-likeness (QED) is 0.749. The first-order valence-electron chi connectivity index (χ1n) is 4.69. The molecule has 0 bridgehead atoms. The van der Waals surface area contributed by atoms with Gasteiger partial charge in [-0.25, -0.2) is 4.68 Å². The fourth-order valence-electron chi connectivity index (χ4n) is 1.56. The molecule has 3 rings (SSSR count). The van der Waals surface area contributed by atoms with E-state index in [0.29, 0.717) is 5.71 Å². The van der Waals surface area contributed by atoms with E-state index in [0.717, 1.165) is 11.3 Å². The highest BCUT2D eigenvalue weighted by Gasteiger charge is 2.25. The highest BCUT2D eigenvalue weighted by atomic mass is 16.2. The van der Waals surface area contributed by atoms with Gasteiger partial charge >= 0.3 is 0 Å². The van der Waals surface area contributed by atoms with Crippen LogP contribution in [0.5, 0.6) is 0 Å². The second kappa shape index (κ2) is 3.27. The molecule has 1 aliphatic rings. The van der Waals surface area contributed by atoms with Crippen molar-refractivity contribution in [1.82, 2.24) is 14.9 Å². The summed E-state index contributed by atoms with van der Waals surface area (Å²) >= 11 is 0. The van der Waals surface area contributed by atoms with E-state index in [1.165, 1.54) is 17.3 Å². The monoisotopic (exact) mass is 213 g/mol. The third kappa shape index (κ3) is 1.28. The van der Waals surface area contributed by atoms with E-state index in [1.807, 2.05) is 24.3 Å². The van der Waals surface area contributed by atoms with Crippen molar-refractivity contribution in [3.8, 4) is 0 Å². The Labute approximate surface area is 90.6 Å². The SMILES string of the molecule is O=C1Nc2ccccc2C1=Nn1cnnc1. The average molecular weight is 213 g/mol. The van der Waals surface area contributed by atoms with Crippen LogP contribution in [0.2, 0.25) is 0 Å². The highest BCUT2D eigenvalue weighted by Crippen LogP contribution is 2.22. The van der Waals surface area contributed by atoms with Gasteiger partial charge in [0.05, 0.1) is 5.69 Å². The summed E-state index contributed by atoms with van der Waals surface area (Å²) in [5, 5.41) is 14.1. The van der Waals surface area contributed by atoms with Crippen LogP contribution in [0.4, 0.5) is 5.69 Å². The first kappa shape index (κ1) is 8.78. The Morgan fingerprint density at radius 3 is 2.75 bits per heavy atom. The molecule has 0 fully saturated rings. The van der Waals surface area contributed by atoms with Gasteiger partial charge in [0, 0.05) is 5.56 Å². The Morgan fingerprint density at radius 1 is 1.19 bits per heavy atom. The molecule has 6 nitrogen and oxygen atoms in total. The van der Waals surface area contributed by atoms with Crippen LogP contribution in [0.15, 0.2) is 42.0 Å². The van der Waals surface area contributed by atoms with Crippen molar-refractivity contribution in [3.63, 3.8) is 0 Å². The summed E-state index contributed by atoms with van der Waals surface area (Å²) in [6.45, 7) is 0. The van der Waals surface area contributed by atoms with Crippen LogP contribution in [-0.2, 0) is 4.79 Å². The maximum atomic E-state index is 11.7. The molecule has 0 unspecified atom stereocenters. The van der Waals surface area contributed by atoms with E-state index < -0.39 is 0 Å². The van der Waals surface area contributed by atoms with Crippen LogP contribution in [0.3, 0.4) is 0 Å². The summed E-state index contributed by atoms with van der Waals surface area (Å²) in [5.41, 5.74) is 1.94. The molecule has 0 radical (unpaired) electrons. The maximum absolute atomic E-state index is 11.7. The van der Waals surface area contributed by atoms with Gasteiger partial charge in [-0.2, -0.15) is 5.10 Å². The zero-order chi connectivity index (χ0) is 11.0. The Balaban J connectivity index is 2.12. The number of nitrogens with zero attached hydrogens (tertiary/aromatic N) is 4. The normalized spacial score (nSPS) is 16.2. The lowest BCUT2D eigenvalue weighted by Crippen LogP contribution is -2.15. The van der Waals surface area contributed by atoms with Crippen LogP contribution in [-0.4, -0.2) is 26.5 Å². The predicted octanol–water partition coefficient (Wildman–Crippen LogP) is 0.483. The summed E-state index contributed by atoms with van der Waals surface area (Å²) in [7, 11) is 0. The average Bonchev–Trinajstić information content (AvgIpc) is 2.89. The second-order valence-corrected chi connectivity index (χ2v) is 3.29. The number of hydrogen-bond acceptors (Lipinski definition) is 4. The van der Waals surface area contributed by atoms with Gasteiger partial charge in [-0.15, -0.1) is 10.2 Å². The fourth-order valence-corrected chi connectivity index (χ4v) is 1.56. The number of nitrogens with one attached hydrogen (secondary N) is 1. The van der Waals surface area contributed by atoms with Crippen LogP contribution in [0.1, 0.15) is 5.56 Å². The van der Waals surface area contributed by atoms with Crippen molar-refractivity contribution in [2.75, 3.05) is 5.32 Å². The zero-order valence-electron chi connectivity index (χ0n) is 8.16. The first-order chi connectivity index (χ1) is 7.84. The van der Waals surface area contributed by atoms with Crippen molar-refractivity contribution in [2.45, 2.75) is 0 Å². The number of carbonyl (C=O) groups excluding carboxylic acids is 1. The number of rotatable bonds is 1. The lowest BCUT2D eigenvalue weighted by atomic mass is 10.1. The van der Waals surface area contributed by atoms with Crippen molar-refractivity contribution >= 4 is 17.3 Å². The molecule has 2 aromatic rings. The highest BCUT2D eigenvalue weighted by molar-refractivity contribution is 6.53. The lowest BCUT2D eigenvalue weighted by Gasteiger charge is -1.95. The number of amides is 1. The molecule has 78 valence electrons. The molecule has 1 aromatic carbocycles. The smallest absolute Gasteiger partial charge is 0.276 e. The van der Waals surface area contributed by atoms with E-state index >= 15 is 0 Å². The van der Waals surface area contributed by atoms with Crippen molar-refractivity contribution in [3.05, 3.63) is 42.5 Å². The molecule has 2 heterocycles. The molecule has 0 saturated carbocycles. The van der Waals surface area contributed by atoms with Gasteiger partial charge in [-0.1, -0.05) is 18.2 Å². The third-order valence-electron chi connectivity index (χ3n) is 2.27. The summed E-state index contributed by atoms with van der Waals surface area (Å²) in [6.07, 6.45) is 2.86. The summed E-state index contributed by atoms with van der Waals surface area (Å²) in [4.78, 5) is 11.7. The minimum Gasteiger partial charge on any atom is -0.320 e. The summed E-state index contributed by atoms with van der Waals surface area (Å²) in [6, 6.07) is 7.40. The van der Waals surface area contributed by atoms with Crippen LogP contribution in [0.25, 0.3) is 0 Å². The molecule has 6 heteroatoms. The predicted molar refractivity (Wildman–Crippen MR) is 57.0 cm³/mol. The Hall–Kier alpha value is -2.50. The van der Waals surface area contributed by atoms with E-state index in [9.17, 15) is 4.79 Å². The topological polar surface area (TPSA) is 72.2 Å². The zero-order valence-corrected chi connectivity index (χ0v) is 8.16. The van der Waals surface area contributed by atoms with Gasteiger partial charge in [0.2, 0.25) is 0 Å². The molecule has 16 heavy (non-hydrogen) atoms. The Bertz CT molecular complexity index is 573. The standard InChI is InChI=1S/C10H7N5O/c16-10-9(14-15-5-11-12-6-15)7-3-1-2-4-8(7)13-10/h1-6H,(H,13,14,16). The molecule has 0 aliphatic carbocycles. The third-order valence-corrected chi connectivity index (χ3v) is 2.27. The Kier molecular flexibility index (Phi) is 1.79. The summed E-state index contributed by atoms with van der Waals surface area (Å²) in [5.74, 6) is -0.213. The molecule has 0 saturated heterocycles. The van der Waals surface area contributed by atoms with Gasteiger partial charge in [-0.05, 0) is 6.07 Å². The molecule has 1 amide bonds. The number of carbonyl (C=O) groups is 1. The lowest BCUT2D eigenvalue weighted by molar-refractivity contribution is -0.110. The first-order valence-corrected chi connectivity index (χ1v) is 4.69. The fraction of sp³-hybridized carbons (Fsp3) is 0. The second-order valence-electron chi connectivity index (χ2n) is 3.29. The largest absolute Gasteiger partial charge is 0.320 e. The minimum absolute atomic E-state index is 0.213. The van der Waals surface area contributed by atoms with Crippen LogP contribution < -0.4 is 5.32 Å². The van der Waals surface area contributed by atoms with Crippen LogP contribution in [0, 0.1) is 0 Å². The number of para-hydroxylation sites is 1. The molecule has 0 atom stereocenters. The molecule has 1 aromatic heterocycles. The van der Waals surface area contributed by atoms with Crippen molar-refractivity contribution in [2.24, 2.45) is 5.10 Å². The molecule has 1 aliphatic heterocycles. The molecule has 1 N–H and O–H groups in total. The van der Waals surface area contributed by atoms with Gasteiger partial charge < -0.3 is 5.32 Å². The molecular formula is C10H7N5O. The van der Waals surface area contributed by atoms with Gasteiger partial charge in [0.25, 0.3) is 5.91 Å². The van der Waals surface area contributed by atoms with E-state index in [2.05, 4.69) is 20.6 Å². The van der Waals surface area contributed by atoms with Gasteiger partial charge in [0.15, 0.2) is 5.71 Å². The number of fused-ring (bicyclic) bond motifs is 1. The van der Waals surface area contributed by atoms with Crippen molar-refractivity contribution in [1.29, 1.82) is 0 Å². The minimum atomic E-state index is -0.213. The number of anilines is 1. The Morgan fingerprint density at radius 2 is 1.94 bits per heavy atom. The molecular weight excluding hydrogens is 206 g/mol. The van der Waals surface area contributed by atoms with Crippen LogP contribution >= 0.6 is 0 Å². The molecule has 0 spiro atoms. The van der Waals surface area contributed by atoms with E-state index in [4.69, 9.17) is 0 Å². The number of aromatic nitrogens is 3. The summed E-state index contributed by atoms with van der Waals surface area (Å²) < 4.78 is 1.40. The number of hydrogen-bond donors (Lipinski definition) is 1. The number of benzene rings is 1. The van der Waals surface area contributed by atoms with E-state index in [-0.39, 0.29) is 5.91 Å². The van der Waals surface area contributed by atoms with Gasteiger partial charge in [-0.3, -0.25) is 4.79 Å². The maximum Gasteiger partial charge on any atom is 0.276 e.